The second-order valence-electron chi connectivity index (χ2n) is 11.2. The minimum absolute atomic E-state index is 0.0275. The van der Waals surface area contributed by atoms with Gasteiger partial charge in [-0.05, 0) is 47.5 Å². The number of fused-ring (bicyclic) bond motifs is 5. The van der Waals surface area contributed by atoms with Crippen LogP contribution in [0.5, 0.6) is 0 Å². The van der Waals surface area contributed by atoms with Crippen LogP contribution >= 0.6 is 0 Å². The first-order valence-corrected chi connectivity index (χ1v) is 14.9. The lowest BCUT2D eigenvalue weighted by atomic mass is 9.92. The first-order chi connectivity index (χ1) is 23.9. The van der Waals surface area contributed by atoms with E-state index in [1.165, 1.54) is 16.9 Å². The molecule has 8 rings (SSSR count). The zero-order valence-electron chi connectivity index (χ0n) is 25.1. The van der Waals surface area contributed by atoms with E-state index in [-0.39, 0.29) is 16.6 Å². The Morgan fingerprint density at radius 2 is 1.20 bits per heavy atom. The number of nitrogens with zero attached hydrogens (tertiary/aromatic N) is 6. The molecule has 2 heterocycles. The lowest BCUT2D eigenvalue weighted by molar-refractivity contribution is 0.454. The van der Waals surface area contributed by atoms with E-state index in [1.807, 2.05) is 60.7 Å². The number of nitriles is 2. The molecule has 0 unspecified atom stereocenters. The topological polar surface area (TPSA) is 91.2 Å². The molecule has 0 aliphatic heterocycles. The molecule has 0 radical (unpaired) electrons. The zero-order valence-corrected chi connectivity index (χ0v) is 25.1. The van der Waals surface area contributed by atoms with Crippen molar-refractivity contribution in [3.63, 3.8) is 0 Å². The molecule has 0 aliphatic carbocycles. The van der Waals surface area contributed by atoms with E-state index in [0.29, 0.717) is 44.2 Å². The summed E-state index contributed by atoms with van der Waals surface area (Å²) in [7, 11) is 0. The molecule has 8 aromatic rings. The largest absolute Gasteiger partial charge is 0.247 e. The number of rotatable bonds is 4. The minimum Gasteiger partial charge on any atom is -0.247 e. The van der Waals surface area contributed by atoms with E-state index in [9.17, 15) is 10.5 Å². The normalized spacial score (nSPS) is 11.2. The Bertz CT molecular complexity index is 2680. The molecule has 0 spiro atoms. The number of benzene rings is 6. The van der Waals surface area contributed by atoms with Gasteiger partial charge in [0.25, 0.3) is 0 Å². The number of hydrogen-bond acceptors (Lipinski definition) is 5. The summed E-state index contributed by atoms with van der Waals surface area (Å²) in [5, 5.41) is 29.4. The predicted molar refractivity (Wildman–Crippen MR) is 177 cm³/mol. The lowest BCUT2D eigenvalue weighted by Gasteiger charge is -2.15. The zero-order chi connectivity index (χ0) is 33.8. The summed E-state index contributed by atoms with van der Waals surface area (Å²) in [5.74, 6) is -7.08. The Labute approximate surface area is 275 Å². The van der Waals surface area contributed by atoms with Gasteiger partial charge in [0.1, 0.15) is 22.7 Å². The lowest BCUT2D eigenvalue weighted by Crippen LogP contribution is -2.04. The third-order valence-electron chi connectivity index (χ3n) is 8.44. The van der Waals surface area contributed by atoms with Crippen molar-refractivity contribution in [2.75, 3.05) is 0 Å². The average Bonchev–Trinajstić information content (AvgIpc) is 3.60. The van der Waals surface area contributed by atoms with Gasteiger partial charge in [-0.2, -0.15) is 15.3 Å². The van der Waals surface area contributed by atoms with Crippen LogP contribution in [0.25, 0.3) is 71.9 Å². The fourth-order valence-electron chi connectivity index (χ4n) is 6.11. The maximum Gasteiger partial charge on any atom is 0.180 e. The highest BCUT2D eigenvalue weighted by Crippen LogP contribution is 2.43. The summed E-state index contributed by atoms with van der Waals surface area (Å²) in [6, 6.07) is 35.4. The highest BCUT2D eigenvalue weighted by Gasteiger charge is 2.30. The Balaban J connectivity index is 1.53. The van der Waals surface area contributed by atoms with Crippen LogP contribution in [0.1, 0.15) is 11.1 Å². The monoisotopic (exact) mass is 646 g/mol. The van der Waals surface area contributed by atoms with Gasteiger partial charge in [-0.1, -0.05) is 72.8 Å². The van der Waals surface area contributed by atoms with Crippen LogP contribution in [-0.4, -0.2) is 20.0 Å². The third kappa shape index (κ3) is 4.66. The summed E-state index contributed by atoms with van der Waals surface area (Å²) in [6.45, 7) is 0. The van der Waals surface area contributed by atoms with Gasteiger partial charge in [-0.25, -0.2) is 22.5 Å². The summed E-state index contributed by atoms with van der Waals surface area (Å²) in [5.41, 5.74) is 1.93. The van der Waals surface area contributed by atoms with E-state index in [2.05, 4.69) is 11.2 Å². The molecule has 0 fully saturated rings. The standard InChI is InChI=1S/C39H18F4N6/c40-33-29(20-45)34(41)36(43)32(35(33)42)28-18-27-31(39-38(28)47-49(48-39)25-9-5-2-6-10-25)26-16-15-24(22-13-11-21(19-44)12-14-22)17-30(26)46-37(27)23-7-3-1-4-8-23/h1-18H. The van der Waals surface area contributed by atoms with Gasteiger partial charge in [0, 0.05) is 27.3 Å². The fraction of sp³-hybridized carbons (Fsp3) is 0. The van der Waals surface area contributed by atoms with Crippen molar-refractivity contribution in [1.82, 2.24) is 20.0 Å². The van der Waals surface area contributed by atoms with E-state index in [4.69, 9.17) is 10.1 Å². The molecule has 0 atom stereocenters. The molecule has 6 nitrogen and oxygen atoms in total. The molecule has 10 heteroatoms. The number of para-hydroxylation sites is 1. The first-order valence-electron chi connectivity index (χ1n) is 14.9. The summed E-state index contributed by atoms with van der Waals surface area (Å²) in [6.07, 6.45) is 0. The van der Waals surface area contributed by atoms with Crippen molar-refractivity contribution in [3.05, 3.63) is 144 Å². The number of aromatic nitrogens is 4. The fourth-order valence-corrected chi connectivity index (χ4v) is 6.11. The van der Waals surface area contributed by atoms with Crippen LogP contribution in [0, 0.1) is 45.9 Å². The van der Waals surface area contributed by atoms with Crippen LogP contribution in [-0.2, 0) is 0 Å². The second-order valence-corrected chi connectivity index (χ2v) is 11.2. The molecular formula is C39H18F4N6. The molecule has 2 aromatic heterocycles. The van der Waals surface area contributed by atoms with E-state index in [1.54, 1.807) is 42.5 Å². The first kappa shape index (κ1) is 29.5. The third-order valence-corrected chi connectivity index (χ3v) is 8.44. The van der Waals surface area contributed by atoms with E-state index in [0.717, 1.165) is 11.1 Å². The van der Waals surface area contributed by atoms with Gasteiger partial charge < -0.3 is 0 Å². The van der Waals surface area contributed by atoms with Crippen molar-refractivity contribution in [2.24, 2.45) is 0 Å². The highest BCUT2D eigenvalue weighted by atomic mass is 19.2. The maximum atomic E-state index is 15.7. The van der Waals surface area contributed by atoms with Crippen molar-refractivity contribution in [2.45, 2.75) is 0 Å². The van der Waals surface area contributed by atoms with Crippen molar-refractivity contribution >= 4 is 32.7 Å². The molecule has 6 aromatic carbocycles. The molecule has 232 valence electrons. The van der Waals surface area contributed by atoms with E-state index >= 15 is 17.6 Å². The minimum atomic E-state index is -1.81. The average molecular weight is 647 g/mol. The SMILES string of the molecule is N#Cc1ccc(-c2ccc3c(c2)nc(-c2ccccc2)c2cc(-c4c(F)c(F)c(C#N)c(F)c4F)c4nn(-c5ccccc5)nc4c23)cc1. The van der Waals surface area contributed by atoms with Crippen molar-refractivity contribution in [1.29, 1.82) is 10.5 Å². The summed E-state index contributed by atoms with van der Waals surface area (Å²) < 4.78 is 61.6. The molecule has 49 heavy (non-hydrogen) atoms. The quantitative estimate of drug-likeness (QED) is 0.108. The summed E-state index contributed by atoms with van der Waals surface area (Å²) >= 11 is 0. The molecular weight excluding hydrogens is 628 g/mol. The Morgan fingerprint density at radius 3 is 1.86 bits per heavy atom. The molecule has 0 saturated carbocycles. The van der Waals surface area contributed by atoms with Crippen molar-refractivity contribution in [3.8, 4) is 51.3 Å². The van der Waals surface area contributed by atoms with Crippen molar-refractivity contribution < 1.29 is 17.6 Å². The Hall–Kier alpha value is -6.91. The Morgan fingerprint density at radius 1 is 0.571 bits per heavy atom. The van der Waals surface area contributed by atoms with Crippen LogP contribution in [0.2, 0.25) is 0 Å². The Kier molecular flexibility index (Phi) is 6.86. The van der Waals surface area contributed by atoms with Gasteiger partial charge in [0.05, 0.1) is 34.1 Å². The predicted octanol–water partition coefficient (Wildman–Crippen LogP) is 9.42. The molecule has 0 amide bonds. The molecule has 0 aliphatic rings. The number of hydrogen-bond donors (Lipinski definition) is 0. The molecule has 0 bridgehead atoms. The smallest absolute Gasteiger partial charge is 0.180 e. The van der Waals surface area contributed by atoms with Crippen LogP contribution in [0.4, 0.5) is 17.6 Å². The van der Waals surface area contributed by atoms with Gasteiger partial charge in [0.15, 0.2) is 23.3 Å². The van der Waals surface area contributed by atoms with Gasteiger partial charge in [0.2, 0.25) is 0 Å². The highest BCUT2D eigenvalue weighted by molar-refractivity contribution is 6.23. The number of pyridine rings is 1. The van der Waals surface area contributed by atoms with Gasteiger partial charge in [-0.15, -0.1) is 10.2 Å². The molecule has 0 N–H and O–H groups in total. The second kappa shape index (κ2) is 11.4. The molecule has 0 saturated heterocycles. The van der Waals surface area contributed by atoms with Gasteiger partial charge >= 0.3 is 0 Å². The van der Waals surface area contributed by atoms with Crippen LogP contribution in [0.15, 0.2) is 109 Å². The van der Waals surface area contributed by atoms with Gasteiger partial charge in [-0.3, -0.25) is 0 Å². The number of halogens is 4. The van der Waals surface area contributed by atoms with Crippen LogP contribution in [0.3, 0.4) is 0 Å². The summed E-state index contributed by atoms with van der Waals surface area (Å²) in [4.78, 5) is 6.31. The van der Waals surface area contributed by atoms with E-state index < -0.39 is 34.4 Å². The van der Waals surface area contributed by atoms with Crippen LogP contribution < -0.4 is 0 Å². The maximum absolute atomic E-state index is 15.7.